The average Bonchev–Trinajstić information content (AvgIpc) is 2.93. The minimum Gasteiger partial charge on any atom is -0.368 e. The highest BCUT2D eigenvalue weighted by molar-refractivity contribution is 6.30. The normalized spacial score (nSPS) is 11.1. The molecule has 24 heavy (non-hydrogen) atoms. The Labute approximate surface area is 143 Å². The van der Waals surface area contributed by atoms with Gasteiger partial charge in [-0.05, 0) is 37.3 Å². The lowest BCUT2D eigenvalue weighted by atomic mass is 10.1. The molecule has 0 bridgehead atoms. The van der Waals surface area contributed by atoms with Crippen LogP contribution in [0.2, 0.25) is 5.02 Å². The average molecular weight is 337 g/mol. The van der Waals surface area contributed by atoms with Crippen molar-refractivity contribution < 1.29 is 0 Å². The van der Waals surface area contributed by atoms with Gasteiger partial charge in [0.1, 0.15) is 17.0 Å². The number of pyridine rings is 2. The maximum absolute atomic E-state index is 6.17. The first-order valence-corrected chi connectivity index (χ1v) is 7.70. The molecule has 0 aromatic carbocycles. The van der Waals surface area contributed by atoms with Crippen molar-refractivity contribution in [3.05, 3.63) is 59.5 Å². The van der Waals surface area contributed by atoms with Crippen LogP contribution >= 0.6 is 11.6 Å². The van der Waals surface area contributed by atoms with Gasteiger partial charge in [0.2, 0.25) is 5.95 Å². The number of hydrogen-bond donors (Lipinski definition) is 1. The van der Waals surface area contributed by atoms with Crippen molar-refractivity contribution in [1.82, 2.24) is 24.3 Å². The zero-order chi connectivity index (χ0) is 16.7. The molecule has 0 radical (unpaired) electrons. The van der Waals surface area contributed by atoms with Crippen molar-refractivity contribution in [2.45, 2.75) is 6.92 Å². The van der Waals surface area contributed by atoms with E-state index in [9.17, 15) is 0 Å². The van der Waals surface area contributed by atoms with E-state index in [1.165, 1.54) is 0 Å². The standard InChI is InChI=1S/C17H13ClN6/c1-10-3-2-4-12(21-10)15-16(13-7-8-20-17(19)22-13)24-9-11(18)5-6-14(24)23-15/h2-9H,1H3,(H2,19,20,22). The smallest absolute Gasteiger partial charge is 0.220 e. The summed E-state index contributed by atoms with van der Waals surface area (Å²) >= 11 is 6.17. The van der Waals surface area contributed by atoms with Gasteiger partial charge in [-0.25, -0.2) is 15.0 Å². The third-order valence-corrected chi connectivity index (χ3v) is 3.85. The summed E-state index contributed by atoms with van der Waals surface area (Å²) < 4.78 is 1.89. The third-order valence-electron chi connectivity index (χ3n) is 3.63. The van der Waals surface area contributed by atoms with Crippen LogP contribution in [0.1, 0.15) is 5.69 Å². The summed E-state index contributed by atoms with van der Waals surface area (Å²) in [7, 11) is 0. The number of nitrogen functional groups attached to an aromatic ring is 1. The molecule has 0 aliphatic heterocycles. The van der Waals surface area contributed by atoms with Crippen LogP contribution in [0, 0.1) is 6.92 Å². The van der Waals surface area contributed by atoms with Crippen molar-refractivity contribution in [1.29, 1.82) is 0 Å². The SMILES string of the molecule is Cc1cccc(-c2nc3ccc(Cl)cn3c2-c2ccnc(N)n2)n1. The number of nitrogens with zero attached hydrogens (tertiary/aromatic N) is 5. The Morgan fingerprint density at radius 3 is 2.67 bits per heavy atom. The lowest BCUT2D eigenvalue weighted by molar-refractivity contribution is 1.13. The molecule has 4 aromatic heterocycles. The highest BCUT2D eigenvalue weighted by atomic mass is 35.5. The molecule has 0 aliphatic carbocycles. The molecule has 0 saturated heterocycles. The molecule has 4 heterocycles. The fraction of sp³-hybridized carbons (Fsp3) is 0.0588. The molecule has 4 rings (SSSR count). The molecule has 0 amide bonds. The van der Waals surface area contributed by atoms with Crippen molar-refractivity contribution in [2.75, 3.05) is 5.73 Å². The topological polar surface area (TPSA) is 82.0 Å². The van der Waals surface area contributed by atoms with Gasteiger partial charge in [-0.1, -0.05) is 17.7 Å². The second-order valence-corrected chi connectivity index (χ2v) is 5.79. The van der Waals surface area contributed by atoms with Gasteiger partial charge in [-0.3, -0.25) is 9.38 Å². The first kappa shape index (κ1) is 14.6. The molecule has 0 atom stereocenters. The molecule has 118 valence electrons. The lowest BCUT2D eigenvalue weighted by Crippen LogP contribution is -1.98. The van der Waals surface area contributed by atoms with Crippen molar-refractivity contribution in [3.8, 4) is 22.8 Å². The van der Waals surface area contributed by atoms with E-state index in [-0.39, 0.29) is 5.95 Å². The summed E-state index contributed by atoms with van der Waals surface area (Å²) in [5.74, 6) is 0.202. The molecule has 0 spiro atoms. The Morgan fingerprint density at radius 1 is 1.00 bits per heavy atom. The van der Waals surface area contributed by atoms with Gasteiger partial charge in [-0.15, -0.1) is 0 Å². The van der Waals surface area contributed by atoms with Crippen molar-refractivity contribution in [3.63, 3.8) is 0 Å². The second-order valence-electron chi connectivity index (χ2n) is 5.35. The number of nitrogens with two attached hydrogens (primary N) is 1. The second kappa shape index (κ2) is 5.58. The van der Waals surface area contributed by atoms with Gasteiger partial charge < -0.3 is 5.73 Å². The van der Waals surface area contributed by atoms with Gasteiger partial charge in [0.15, 0.2) is 0 Å². The molecule has 4 aromatic rings. The van der Waals surface area contributed by atoms with E-state index in [1.54, 1.807) is 24.5 Å². The van der Waals surface area contributed by atoms with Gasteiger partial charge in [0.25, 0.3) is 0 Å². The quantitative estimate of drug-likeness (QED) is 0.606. The Hall–Kier alpha value is -2.99. The maximum Gasteiger partial charge on any atom is 0.220 e. The molecule has 7 heteroatoms. The van der Waals surface area contributed by atoms with E-state index in [2.05, 4.69) is 15.0 Å². The van der Waals surface area contributed by atoms with Crippen LogP contribution in [0.3, 0.4) is 0 Å². The zero-order valence-corrected chi connectivity index (χ0v) is 13.6. The summed E-state index contributed by atoms with van der Waals surface area (Å²) in [4.78, 5) is 17.6. The number of aromatic nitrogens is 5. The number of rotatable bonds is 2. The summed E-state index contributed by atoms with van der Waals surface area (Å²) in [6.07, 6.45) is 3.42. The van der Waals surface area contributed by atoms with Crippen LogP contribution in [0.25, 0.3) is 28.4 Å². The predicted molar refractivity (Wildman–Crippen MR) is 93.6 cm³/mol. The number of hydrogen-bond acceptors (Lipinski definition) is 5. The molecule has 0 fully saturated rings. The maximum atomic E-state index is 6.17. The Balaban J connectivity index is 2.08. The Kier molecular flexibility index (Phi) is 3.39. The first-order chi connectivity index (χ1) is 11.6. The number of halogens is 1. The van der Waals surface area contributed by atoms with E-state index in [0.29, 0.717) is 10.7 Å². The third kappa shape index (κ3) is 2.47. The number of fused-ring (bicyclic) bond motifs is 1. The van der Waals surface area contributed by atoms with Gasteiger partial charge in [0.05, 0.1) is 16.4 Å². The number of anilines is 1. The molecule has 0 saturated carbocycles. The Bertz CT molecular complexity index is 1060. The highest BCUT2D eigenvalue weighted by Crippen LogP contribution is 2.31. The van der Waals surface area contributed by atoms with Crippen LogP contribution in [-0.4, -0.2) is 24.3 Å². The van der Waals surface area contributed by atoms with Crippen LogP contribution in [-0.2, 0) is 0 Å². The van der Waals surface area contributed by atoms with Gasteiger partial charge >= 0.3 is 0 Å². The van der Waals surface area contributed by atoms with Crippen molar-refractivity contribution >= 4 is 23.2 Å². The van der Waals surface area contributed by atoms with E-state index >= 15 is 0 Å². The predicted octanol–water partition coefficient (Wildman–Crippen LogP) is 3.40. The number of imidazole rings is 1. The lowest BCUT2D eigenvalue weighted by Gasteiger charge is -2.06. The summed E-state index contributed by atoms with van der Waals surface area (Å²) in [5.41, 5.74) is 10.4. The van der Waals surface area contributed by atoms with Crippen molar-refractivity contribution in [2.24, 2.45) is 0 Å². The molecule has 0 aliphatic rings. The van der Waals surface area contributed by atoms with Crippen LogP contribution in [0.4, 0.5) is 5.95 Å². The zero-order valence-electron chi connectivity index (χ0n) is 12.8. The molecule has 0 unspecified atom stereocenters. The first-order valence-electron chi connectivity index (χ1n) is 7.32. The fourth-order valence-corrected chi connectivity index (χ4v) is 2.78. The van der Waals surface area contributed by atoms with E-state index in [4.69, 9.17) is 22.3 Å². The minimum absolute atomic E-state index is 0.202. The van der Waals surface area contributed by atoms with Crippen LogP contribution < -0.4 is 5.73 Å². The molecular formula is C17H13ClN6. The minimum atomic E-state index is 0.202. The largest absolute Gasteiger partial charge is 0.368 e. The highest BCUT2D eigenvalue weighted by Gasteiger charge is 2.18. The fourth-order valence-electron chi connectivity index (χ4n) is 2.62. The molecule has 6 nitrogen and oxygen atoms in total. The van der Waals surface area contributed by atoms with Crippen LogP contribution in [0.5, 0.6) is 0 Å². The Morgan fingerprint density at radius 2 is 1.88 bits per heavy atom. The van der Waals surface area contributed by atoms with Gasteiger partial charge in [-0.2, -0.15) is 0 Å². The van der Waals surface area contributed by atoms with E-state index in [1.807, 2.05) is 35.6 Å². The van der Waals surface area contributed by atoms with Crippen LogP contribution in [0.15, 0.2) is 48.8 Å². The summed E-state index contributed by atoms with van der Waals surface area (Å²) in [6, 6.07) is 11.3. The molecular weight excluding hydrogens is 324 g/mol. The molecule has 2 N–H and O–H groups in total. The van der Waals surface area contributed by atoms with Gasteiger partial charge in [0, 0.05) is 18.1 Å². The van der Waals surface area contributed by atoms with E-state index < -0.39 is 0 Å². The summed E-state index contributed by atoms with van der Waals surface area (Å²) in [6.45, 7) is 1.94. The van der Waals surface area contributed by atoms with E-state index in [0.717, 1.165) is 28.4 Å². The monoisotopic (exact) mass is 336 g/mol. The number of aryl methyl sites for hydroxylation is 1. The summed E-state index contributed by atoms with van der Waals surface area (Å²) in [5, 5.41) is 0.604.